The van der Waals surface area contributed by atoms with Crippen LogP contribution in [0, 0.1) is 11.3 Å². The van der Waals surface area contributed by atoms with Crippen molar-refractivity contribution in [2.75, 3.05) is 0 Å². The van der Waals surface area contributed by atoms with Gasteiger partial charge in [-0.25, -0.2) is 15.0 Å². The molecule has 104 valence electrons. The highest BCUT2D eigenvalue weighted by atomic mass is 79.9. The van der Waals surface area contributed by atoms with Crippen LogP contribution in [-0.4, -0.2) is 19.5 Å². The second kappa shape index (κ2) is 5.43. The van der Waals surface area contributed by atoms with Crippen LogP contribution in [0.1, 0.15) is 17.4 Å². The van der Waals surface area contributed by atoms with Crippen LogP contribution in [0.3, 0.4) is 0 Å². The third-order valence-electron chi connectivity index (χ3n) is 3.22. The van der Waals surface area contributed by atoms with E-state index in [9.17, 15) is 5.26 Å². The normalized spacial score (nSPS) is 12.3. The zero-order valence-electron chi connectivity index (χ0n) is 11.0. The molecule has 3 aromatic rings. The van der Waals surface area contributed by atoms with Crippen molar-refractivity contribution in [2.45, 2.75) is 5.92 Å². The summed E-state index contributed by atoms with van der Waals surface area (Å²) in [5, 5.41) is 9.67. The highest BCUT2D eigenvalue weighted by Crippen LogP contribution is 2.30. The van der Waals surface area contributed by atoms with Gasteiger partial charge in [-0.05, 0) is 39.7 Å². The van der Waals surface area contributed by atoms with E-state index in [1.165, 1.54) is 6.20 Å². The van der Waals surface area contributed by atoms with Gasteiger partial charge in [0.2, 0.25) is 5.28 Å². The number of imidazole rings is 1. The smallest absolute Gasteiger partial charge is 0.222 e. The average Bonchev–Trinajstić information content (AvgIpc) is 2.81. The topological polar surface area (TPSA) is 67.4 Å². The van der Waals surface area contributed by atoms with Crippen molar-refractivity contribution in [3.63, 3.8) is 0 Å². The highest BCUT2D eigenvalue weighted by Gasteiger charge is 2.24. The SMILES string of the molecule is Cn1c([C@H](C#N)c2nc(Cl)ncc2Br)nc2ccccc21. The summed E-state index contributed by atoms with van der Waals surface area (Å²) in [7, 11) is 1.88. The van der Waals surface area contributed by atoms with Gasteiger partial charge in [0.05, 0.1) is 27.3 Å². The first kappa shape index (κ1) is 14.0. The van der Waals surface area contributed by atoms with Crippen LogP contribution >= 0.6 is 27.5 Å². The molecule has 21 heavy (non-hydrogen) atoms. The van der Waals surface area contributed by atoms with Gasteiger partial charge in [0.15, 0.2) is 0 Å². The Bertz CT molecular complexity index is 867. The molecule has 3 rings (SSSR count). The summed E-state index contributed by atoms with van der Waals surface area (Å²) in [6, 6.07) is 9.97. The summed E-state index contributed by atoms with van der Waals surface area (Å²) < 4.78 is 2.52. The molecule has 1 aromatic carbocycles. The lowest BCUT2D eigenvalue weighted by Crippen LogP contribution is -2.09. The molecule has 1 atom stereocenters. The van der Waals surface area contributed by atoms with E-state index >= 15 is 0 Å². The molecule has 0 radical (unpaired) electrons. The van der Waals surface area contributed by atoms with Gasteiger partial charge in [-0.1, -0.05) is 12.1 Å². The third kappa shape index (κ3) is 2.39. The Morgan fingerprint density at radius 1 is 1.33 bits per heavy atom. The summed E-state index contributed by atoms with van der Waals surface area (Å²) >= 11 is 9.21. The standard InChI is InChI=1S/C14H9BrClN5/c1-21-11-5-3-2-4-10(11)19-13(21)8(6-17)12-9(15)7-18-14(16)20-12/h2-5,7-8H,1H3/t8-/m1/s1. The van der Waals surface area contributed by atoms with E-state index in [-0.39, 0.29) is 5.28 Å². The van der Waals surface area contributed by atoms with Crippen molar-refractivity contribution in [3.8, 4) is 6.07 Å². The van der Waals surface area contributed by atoms with E-state index in [1.807, 2.05) is 35.9 Å². The lowest BCUT2D eigenvalue weighted by Gasteiger charge is -2.10. The molecule has 0 bridgehead atoms. The quantitative estimate of drug-likeness (QED) is 0.655. The van der Waals surface area contributed by atoms with E-state index in [4.69, 9.17) is 11.6 Å². The van der Waals surface area contributed by atoms with Crippen molar-refractivity contribution in [3.05, 3.63) is 51.7 Å². The summed E-state index contributed by atoms with van der Waals surface area (Å²) in [5.41, 5.74) is 2.31. The van der Waals surface area contributed by atoms with Crippen LogP contribution in [0.25, 0.3) is 11.0 Å². The number of fused-ring (bicyclic) bond motifs is 1. The maximum absolute atomic E-state index is 9.57. The van der Waals surface area contributed by atoms with Crippen LogP contribution in [0.15, 0.2) is 34.9 Å². The molecule has 2 heterocycles. The largest absolute Gasteiger partial charge is 0.330 e. The third-order valence-corrected chi connectivity index (χ3v) is 4.02. The molecule has 0 spiro atoms. The number of hydrogen-bond acceptors (Lipinski definition) is 4. The summed E-state index contributed by atoms with van der Waals surface area (Å²) in [6.45, 7) is 0. The van der Waals surface area contributed by atoms with Crippen molar-refractivity contribution >= 4 is 38.6 Å². The second-order valence-electron chi connectivity index (χ2n) is 4.45. The Hall–Kier alpha value is -1.97. The van der Waals surface area contributed by atoms with Crippen LogP contribution in [0.5, 0.6) is 0 Å². The fourth-order valence-electron chi connectivity index (χ4n) is 2.22. The van der Waals surface area contributed by atoms with E-state index in [0.29, 0.717) is 16.0 Å². The Morgan fingerprint density at radius 2 is 2.10 bits per heavy atom. The Kier molecular flexibility index (Phi) is 3.62. The molecule has 0 unspecified atom stereocenters. The Balaban J connectivity index is 2.21. The lowest BCUT2D eigenvalue weighted by atomic mass is 10.1. The van der Waals surface area contributed by atoms with Crippen LogP contribution in [0.2, 0.25) is 5.28 Å². The minimum Gasteiger partial charge on any atom is -0.330 e. The average molecular weight is 363 g/mol. The Labute approximate surface area is 134 Å². The first-order valence-electron chi connectivity index (χ1n) is 6.10. The van der Waals surface area contributed by atoms with Gasteiger partial charge >= 0.3 is 0 Å². The Morgan fingerprint density at radius 3 is 2.81 bits per heavy atom. The van der Waals surface area contributed by atoms with E-state index in [2.05, 4.69) is 37.0 Å². The molecule has 0 saturated heterocycles. The predicted octanol–water partition coefficient (Wildman–Crippen LogP) is 3.43. The van der Waals surface area contributed by atoms with Crippen molar-refractivity contribution in [1.29, 1.82) is 5.26 Å². The van der Waals surface area contributed by atoms with E-state index < -0.39 is 5.92 Å². The predicted molar refractivity (Wildman–Crippen MR) is 82.9 cm³/mol. The fourth-order valence-corrected chi connectivity index (χ4v) is 2.78. The number of para-hydroxylation sites is 2. The number of halogens is 2. The number of hydrogen-bond donors (Lipinski definition) is 0. The first-order chi connectivity index (χ1) is 10.1. The number of rotatable bonds is 2. The highest BCUT2D eigenvalue weighted by molar-refractivity contribution is 9.10. The van der Waals surface area contributed by atoms with Crippen LogP contribution < -0.4 is 0 Å². The summed E-state index contributed by atoms with van der Waals surface area (Å²) in [5.74, 6) is -0.00792. The number of aromatic nitrogens is 4. The van der Waals surface area contributed by atoms with Crippen molar-refractivity contribution < 1.29 is 0 Å². The second-order valence-corrected chi connectivity index (χ2v) is 5.64. The molecule has 5 nitrogen and oxygen atoms in total. The van der Waals surface area contributed by atoms with E-state index in [0.717, 1.165) is 11.0 Å². The van der Waals surface area contributed by atoms with Crippen molar-refractivity contribution in [2.24, 2.45) is 7.05 Å². The zero-order valence-corrected chi connectivity index (χ0v) is 13.3. The molecular weight excluding hydrogens is 354 g/mol. The number of nitriles is 1. The molecule has 0 aliphatic rings. The van der Waals surface area contributed by atoms with Gasteiger partial charge in [-0.2, -0.15) is 5.26 Å². The van der Waals surface area contributed by atoms with Gasteiger partial charge in [0.1, 0.15) is 11.7 Å². The molecule has 2 aromatic heterocycles. The molecule has 0 saturated carbocycles. The van der Waals surface area contributed by atoms with Crippen LogP contribution in [-0.2, 0) is 7.05 Å². The van der Waals surface area contributed by atoms with E-state index in [1.54, 1.807) is 0 Å². The molecular formula is C14H9BrClN5. The summed E-state index contributed by atoms with van der Waals surface area (Å²) in [4.78, 5) is 12.6. The molecule has 0 amide bonds. The van der Waals surface area contributed by atoms with Gasteiger partial charge < -0.3 is 4.57 Å². The lowest BCUT2D eigenvalue weighted by molar-refractivity contribution is 0.778. The fraction of sp³-hybridized carbons (Fsp3) is 0.143. The maximum atomic E-state index is 9.57. The van der Waals surface area contributed by atoms with Crippen LogP contribution in [0.4, 0.5) is 0 Å². The minimum absolute atomic E-state index is 0.104. The maximum Gasteiger partial charge on any atom is 0.222 e. The summed E-state index contributed by atoms with van der Waals surface area (Å²) in [6.07, 6.45) is 1.54. The number of aryl methyl sites for hydroxylation is 1. The molecule has 0 fully saturated rings. The van der Waals surface area contributed by atoms with Crippen molar-refractivity contribution in [1.82, 2.24) is 19.5 Å². The molecule has 0 N–H and O–H groups in total. The monoisotopic (exact) mass is 361 g/mol. The first-order valence-corrected chi connectivity index (χ1v) is 7.28. The number of nitrogens with zero attached hydrogens (tertiary/aromatic N) is 5. The minimum atomic E-state index is -0.628. The zero-order chi connectivity index (χ0) is 15.0. The van der Waals surface area contributed by atoms with Gasteiger partial charge in [0, 0.05) is 13.2 Å². The van der Waals surface area contributed by atoms with Gasteiger partial charge in [-0.3, -0.25) is 0 Å². The number of benzene rings is 1. The molecule has 7 heteroatoms. The van der Waals surface area contributed by atoms with Gasteiger partial charge in [-0.15, -0.1) is 0 Å². The molecule has 0 aliphatic carbocycles. The molecule has 0 aliphatic heterocycles. The van der Waals surface area contributed by atoms with Gasteiger partial charge in [0.25, 0.3) is 0 Å².